The molecule has 0 bridgehead atoms. The van der Waals surface area contributed by atoms with Gasteiger partial charge >= 0.3 is 0 Å². The summed E-state index contributed by atoms with van der Waals surface area (Å²) in [5, 5.41) is 8.07. The number of ether oxygens (including phenoxy) is 1. The van der Waals surface area contributed by atoms with E-state index >= 15 is 0 Å². The zero-order valence-corrected chi connectivity index (χ0v) is 17.3. The van der Waals surface area contributed by atoms with E-state index in [4.69, 9.17) is 13.8 Å². The summed E-state index contributed by atoms with van der Waals surface area (Å²) in [6.45, 7) is 5.78. The molecule has 0 spiro atoms. The van der Waals surface area contributed by atoms with Crippen LogP contribution < -0.4 is 0 Å². The summed E-state index contributed by atoms with van der Waals surface area (Å²) >= 11 is 0. The average Bonchev–Trinajstić information content (AvgIpc) is 3.37. The van der Waals surface area contributed by atoms with Crippen molar-refractivity contribution in [3.05, 3.63) is 64.6 Å². The molecule has 0 aliphatic carbocycles. The summed E-state index contributed by atoms with van der Waals surface area (Å²) in [5.74, 6) is 1.94. The van der Waals surface area contributed by atoms with Crippen LogP contribution in [0.5, 0.6) is 0 Å². The largest absolute Gasteiger partial charge is 0.367 e. The zero-order valence-electron chi connectivity index (χ0n) is 17.3. The molecule has 0 N–H and O–H groups in total. The predicted octanol–water partition coefficient (Wildman–Crippen LogP) is 3.34. The van der Waals surface area contributed by atoms with Crippen LogP contribution in [0.15, 0.2) is 39.4 Å². The molecule has 1 unspecified atom stereocenters. The molecule has 4 rings (SSSR count). The third-order valence-corrected chi connectivity index (χ3v) is 5.47. The van der Waals surface area contributed by atoms with Crippen molar-refractivity contribution >= 4 is 5.91 Å². The number of likely N-dealkylation sites (tertiary alicyclic amines) is 1. The van der Waals surface area contributed by atoms with E-state index in [1.165, 1.54) is 0 Å². The van der Waals surface area contributed by atoms with E-state index in [9.17, 15) is 4.79 Å². The monoisotopic (exact) mass is 410 g/mol. The summed E-state index contributed by atoms with van der Waals surface area (Å²) in [6, 6.07) is 9.95. The molecule has 1 amide bonds. The van der Waals surface area contributed by atoms with Crippen LogP contribution in [-0.2, 0) is 29.2 Å². The first-order valence-electron chi connectivity index (χ1n) is 10.2. The minimum absolute atomic E-state index is 0.0685. The first kappa shape index (κ1) is 20.3. The van der Waals surface area contributed by atoms with Crippen molar-refractivity contribution in [1.29, 1.82) is 0 Å². The Balaban J connectivity index is 1.31. The standard InChI is InChI=1S/C22H26N4O4/c1-15-19(16(2)29-24-15)11-21(27)26-10-6-9-18(12-26)22-23-20(30-25-22)14-28-13-17-7-4-3-5-8-17/h3-5,7-8,18H,6,9-14H2,1-2H3. The van der Waals surface area contributed by atoms with Gasteiger partial charge in [-0.25, -0.2) is 0 Å². The maximum absolute atomic E-state index is 12.8. The van der Waals surface area contributed by atoms with Gasteiger partial charge in [0.05, 0.1) is 18.7 Å². The Hall–Kier alpha value is -3.00. The number of aromatic nitrogens is 3. The van der Waals surface area contributed by atoms with E-state index in [0.717, 1.165) is 36.2 Å². The highest BCUT2D eigenvalue weighted by Gasteiger charge is 2.29. The Morgan fingerprint density at radius 3 is 2.77 bits per heavy atom. The number of rotatable bonds is 7. The van der Waals surface area contributed by atoms with Crippen molar-refractivity contribution in [2.75, 3.05) is 13.1 Å². The van der Waals surface area contributed by atoms with Gasteiger partial charge in [-0.1, -0.05) is 40.6 Å². The summed E-state index contributed by atoms with van der Waals surface area (Å²) in [5.41, 5.74) is 2.74. The number of hydrogen-bond donors (Lipinski definition) is 0. The molecule has 8 heteroatoms. The molecular formula is C22H26N4O4. The van der Waals surface area contributed by atoms with Crippen LogP contribution >= 0.6 is 0 Å². The molecule has 3 heterocycles. The zero-order chi connectivity index (χ0) is 20.9. The van der Waals surface area contributed by atoms with E-state index in [1.54, 1.807) is 0 Å². The molecule has 1 fully saturated rings. The van der Waals surface area contributed by atoms with Gasteiger partial charge in [0, 0.05) is 24.6 Å². The van der Waals surface area contributed by atoms with E-state index in [1.807, 2.05) is 49.1 Å². The normalized spacial score (nSPS) is 16.7. The molecule has 1 aliphatic heterocycles. The van der Waals surface area contributed by atoms with Crippen molar-refractivity contribution in [3.63, 3.8) is 0 Å². The number of carbonyl (C=O) groups excluding carboxylic acids is 1. The van der Waals surface area contributed by atoms with Crippen molar-refractivity contribution < 1.29 is 18.6 Å². The van der Waals surface area contributed by atoms with Gasteiger partial charge in [-0.3, -0.25) is 4.79 Å². The van der Waals surface area contributed by atoms with E-state index in [0.29, 0.717) is 37.0 Å². The van der Waals surface area contributed by atoms with E-state index in [2.05, 4.69) is 15.3 Å². The Labute approximate surface area is 175 Å². The number of hydrogen-bond acceptors (Lipinski definition) is 7. The summed E-state index contributed by atoms with van der Waals surface area (Å²) < 4.78 is 16.2. The van der Waals surface area contributed by atoms with Gasteiger partial charge < -0.3 is 18.7 Å². The molecule has 158 valence electrons. The molecule has 2 aromatic heterocycles. The maximum Gasteiger partial charge on any atom is 0.252 e. The first-order chi connectivity index (χ1) is 14.6. The Bertz CT molecular complexity index is 963. The lowest BCUT2D eigenvalue weighted by molar-refractivity contribution is -0.131. The lowest BCUT2D eigenvalue weighted by Crippen LogP contribution is -2.40. The van der Waals surface area contributed by atoms with Crippen molar-refractivity contribution in [3.8, 4) is 0 Å². The minimum Gasteiger partial charge on any atom is -0.367 e. The highest BCUT2D eigenvalue weighted by molar-refractivity contribution is 5.79. The van der Waals surface area contributed by atoms with Crippen LogP contribution in [0, 0.1) is 13.8 Å². The van der Waals surface area contributed by atoms with Gasteiger partial charge in [0.1, 0.15) is 12.4 Å². The van der Waals surface area contributed by atoms with Crippen molar-refractivity contribution in [1.82, 2.24) is 20.2 Å². The Morgan fingerprint density at radius 1 is 1.17 bits per heavy atom. The average molecular weight is 410 g/mol. The molecule has 1 aromatic carbocycles. The number of amides is 1. The van der Waals surface area contributed by atoms with Gasteiger partial charge in [0.2, 0.25) is 5.91 Å². The fourth-order valence-corrected chi connectivity index (χ4v) is 3.75. The molecule has 1 saturated heterocycles. The van der Waals surface area contributed by atoms with Gasteiger partial charge in [0.25, 0.3) is 5.89 Å². The molecule has 8 nitrogen and oxygen atoms in total. The quantitative estimate of drug-likeness (QED) is 0.589. The fourth-order valence-electron chi connectivity index (χ4n) is 3.75. The number of piperidine rings is 1. The van der Waals surface area contributed by atoms with E-state index < -0.39 is 0 Å². The fraction of sp³-hybridized carbons (Fsp3) is 0.455. The summed E-state index contributed by atoms with van der Waals surface area (Å²) in [7, 11) is 0. The van der Waals surface area contributed by atoms with Gasteiger partial charge in [-0.2, -0.15) is 4.98 Å². The minimum atomic E-state index is 0.0685. The maximum atomic E-state index is 12.8. The topological polar surface area (TPSA) is 94.5 Å². The number of carbonyl (C=O) groups is 1. The molecule has 1 atom stereocenters. The van der Waals surface area contributed by atoms with Crippen LogP contribution in [0.2, 0.25) is 0 Å². The van der Waals surface area contributed by atoms with Crippen LogP contribution in [0.3, 0.4) is 0 Å². The summed E-state index contributed by atoms with van der Waals surface area (Å²) in [6.07, 6.45) is 2.14. The smallest absolute Gasteiger partial charge is 0.252 e. The SMILES string of the molecule is Cc1noc(C)c1CC(=O)N1CCCC(c2noc(COCc3ccccc3)n2)C1. The molecular weight excluding hydrogens is 384 g/mol. The van der Waals surface area contributed by atoms with Crippen LogP contribution in [0.1, 0.15) is 53.1 Å². The van der Waals surface area contributed by atoms with E-state index in [-0.39, 0.29) is 18.4 Å². The van der Waals surface area contributed by atoms with Crippen molar-refractivity contribution in [2.24, 2.45) is 0 Å². The molecule has 3 aromatic rings. The van der Waals surface area contributed by atoms with Gasteiger partial charge in [-0.15, -0.1) is 0 Å². The molecule has 0 saturated carbocycles. The Morgan fingerprint density at radius 2 is 2.00 bits per heavy atom. The second-order valence-electron chi connectivity index (χ2n) is 7.68. The van der Waals surface area contributed by atoms with Gasteiger partial charge in [-0.05, 0) is 32.3 Å². The third kappa shape index (κ3) is 4.76. The Kier molecular flexibility index (Phi) is 6.23. The molecule has 30 heavy (non-hydrogen) atoms. The van der Waals surface area contributed by atoms with Gasteiger partial charge in [0.15, 0.2) is 5.82 Å². The number of benzene rings is 1. The second-order valence-corrected chi connectivity index (χ2v) is 7.68. The lowest BCUT2D eigenvalue weighted by Gasteiger charge is -2.31. The number of nitrogens with zero attached hydrogens (tertiary/aromatic N) is 4. The third-order valence-electron chi connectivity index (χ3n) is 5.47. The summed E-state index contributed by atoms with van der Waals surface area (Å²) in [4.78, 5) is 19.2. The molecule has 0 radical (unpaired) electrons. The first-order valence-corrected chi connectivity index (χ1v) is 10.2. The predicted molar refractivity (Wildman–Crippen MR) is 107 cm³/mol. The van der Waals surface area contributed by atoms with Crippen molar-refractivity contribution in [2.45, 2.75) is 52.2 Å². The lowest BCUT2D eigenvalue weighted by atomic mass is 9.96. The number of aryl methyl sites for hydroxylation is 2. The highest BCUT2D eigenvalue weighted by Crippen LogP contribution is 2.26. The second kappa shape index (κ2) is 9.21. The van der Waals surface area contributed by atoms with Crippen LogP contribution in [0.4, 0.5) is 0 Å². The highest BCUT2D eigenvalue weighted by atomic mass is 16.5. The van der Waals surface area contributed by atoms with Crippen LogP contribution in [-0.4, -0.2) is 39.2 Å². The van der Waals surface area contributed by atoms with Crippen LogP contribution in [0.25, 0.3) is 0 Å². The molecule has 1 aliphatic rings.